The van der Waals surface area contributed by atoms with Crippen molar-refractivity contribution in [2.75, 3.05) is 7.05 Å². The third kappa shape index (κ3) is 1.33. The van der Waals surface area contributed by atoms with Crippen LogP contribution >= 0.6 is 0 Å². The molecule has 2 heteroatoms. The Morgan fingerprint density at radius 3 is 2.79 bits per heavy atom. The van der Waals surface area contributed by atoms with E-state index in [1.807, 2.05) is 19.2 Å². The van der Waals surface area contributed by atoms with Gasteiger partial charge < -0.3 is 4.98 Å². The molecule has 0 bridgehead atoms. The van der Waals surface area contributed by atoms with Crippen LogP contribution in [0.3, 0.4) is 0 Å². The summed E-state index contributed by atoms with van der Waals surface area (Å²) >= 11 is 0. The Balaban J connectivity index is 2.94. The first-order valence-corrected chi connectivity index (χ1v) is 4.89. The van der Waals surface area contributed by atoms with E-state index in [4.69, 9.17) is 0 Å². The van der Waals surface area contributed by atoms with Crippen molar-refractivity contribution < 1.29 is 0 Å². The Bertz CT molecular complexity index is 509. The van der Waals surface area contributed by atoms with Gasteiger partial charge in [-0.25, -0.2) is 0 Å². The lowest BCUT2D eigenvalue weighted by atomic mass is 10.2. The van der Waals surface area contributed by atoms with E-state index in [2.05, 4.69) is 35.2 Å². The van der Waals surface area contributed by atoms with Crippen LogP contribution in [-0.4, -0.2) is 12.0 Å². The first kappa shape index (κ1) is 9.00. The smallest absolute Gasteiger partial charge is 0.0811 e. The van der Waals surface area contributed by atoms with Gasteiger partial charge in [0.1, 0.15) is 0 Å². The van der Waals surface area contributed by atoms with Gasteiger partial charge in [0.25, 0.3) is 0 Å². The van der Waals surface area contributed by atoms with Crippen molar-refractivity contribution in [1.82, 2.24) is 4.98 Å². The Hall–Kier alpha value is -1.57. The van der Waals surface area contributed by atoms with Crippen molar-refractivity contribution in [2.24, 2.45) is 4.99 Å². The highest BCUT2D eigenvalue weighted by Gasteiger charge is 2.00. The fourth-order valence-electron chi connectivity index (χ4n) is 1.74. The van der Waals surface area contributed by atoms with Crippen molar-refractivity contribution in [3.05, 3.63) is 41.4 Å². The standard InChI is InChI=1S/C12H14N2/c1-3-9-8-14-12-10(9)6-4-5-7-11(12)13-2/h4-8,14H,3H2,1-2H3. The number of hydrogen-bond acceptors (Lipinski definition) is 1. The molecule has 0 saturated carbocycles. The van der Waals surface area contributed by atoms with Gasteiger partial charge in [0.15, 0.2) is 0 Å². The summed E-state index contributed by atoms with van der Waals surface area (Å²) in [5.74, 6) is 0. The molecule has 2 nitrogen and oxygen atoms in total. The van der Waals surface area contributed by atoms with Gasteiger partial charge in [-0.15, -0.1) is 0 Å². The molecule has 0 unspecified atom stereocenters. The molecule has 0 aliphatic heterocycles. The molecule has 72 valence electrons. The average molecular weight is 186 g/mol. The first-order valence-electron chi connectivity index (χ1n) is 4.89. The summed E-state index contributed by atoms with van der Waals surface area (Å²) in [4.78, 5) is 7.54. The lowest BCUT2D eigenvalue weighted by Crippen LogP contribution is -1.97. The van der Waals surface area contributed by atoms with E-state index >= 15 is 0 Å². The molecule has 2 aromatic rings. The second-order valence-electron chi connectivity index (χ2n) is 3.28. The second kappa shape index (κ2) is 3.66. The molecule has 0 atom stereocenters. The van der Waals surface area contributed by atoms with Gasteiger partial charge in [-0.05, 0) is 18.1 Å². The quantitative estimate of drug-likeness (QED) is 0.707. The molecule has 0 fully saturated rings. The minimum absolute atomic E-state index is 1.02. The van der Waals surface area contributed by atoms with Crippen LogP contribution < -0.4 is 5.36 Å². The zero-order valence-corrected chi connectivity index (χ0v) is 8.54. The molecule has 1 aromatic heterocycles. The molecule has 14 heavy (non-hydrogen) atoms. The molecular weight excluding hydrogens is 172 g/mol. The largest absolute Gasteiger partial charge is 0.359 e. The van der Waals surface area contributed by atoms with E-state index in [9.17, 15) is 0 Å². The summed E-state index contributed by atoms with van der Waals surface area (Å²) in [6.45, 7) is 2.17. The van der Waals surface area contributed by atoms with E-state index in [1.54, 1.807) is 0 Å². The van der Waals surface area contributed by atoms with Gasteiger partial charge in [0, 0.05) is 18.6 Å². The number of fused-ring (bicyclic) bond motifs is 1. The van der Waals surface area contributed by atoms with Crippen molar-refractivity contribution in [3.8, 4) is 0 Å². The number of aromatic amines is 1. The number of H-pyrrole nitrogens is 1. The van der Waals surface area contributed by atoms with Crippen LogP contribution in [-0.2, 0) is 6.42 Å². The highest BCUT2D eigenvalue weighted by Crippen LogP contribution is 2.14. The summed E-state index contributed by atoms with van der Waals surface area (Å²) in [5.41, 5.74) is 2.48. The Morgan fingerprint density at radius 2 is 2.07 bits per heavy atom. The normalized spacial score (nSPS) is 12.3. The minimum atomic E-state index is 1.02. The molecule has 0 spiro atoms. The van der Waals surface area contributed by atoms with Crippen LogP contribution in [0.15, 0.2) is 35.5 Å². The van der Waals surface area contributed by atoms with Crippen LogP contribution in [0.1, 0.15) is 12.5 Å². The topological polar surface area (TPSA) is 28.1 Å². The summed E-state index contributed by atoms with van der Waals surface area (Å²) in [5, 5.41) is 2.29. The number of aryl methyl sites for hydroxylation is 1. The highest BCUT2D eigenvalue weighted by molar-refractivity contribution is 5.82. The monoisotopic (exact) mass is 186 g/mol. The number of nitrogens with one attached hydrogen (secondary N) is 1. The Morgan fingerprint density at radius 1 is 1.29 bits per heavy atom. The van der Waals surface area contributed by atoms with E-state index in [1.165, 1.54) is 10.9 Å². The van der Waals surface area contributed by atoms with Gasteiger partial charge in [-0.2, -0.15) is 0 Å². The van der Waals surface area contributed by atoms with Gasteiger partial charge in [-0.3, -0.25) is 4.99 Å². The van der Waals surface area contributed by atoms with Gasteiger partial charge in [0.2, 0.25) is 0 Å². The summed E-state index contributed by atoms with van der Waals surface area (Å²) < 4.78 is 0. The predicted octanol–water partition coefficient (Wildman–Crippen LogP) is 2.26. The van der Waals surface area contributed by atoms with Crippen molar-refractivity contribution >= 4 is 10.9 Å². The van der Waals surface area contributed by atoms with E-state index < -0.39 is 0 Å². The Labute approximate surface area is 83.3 Å². The third-order valence-electron chi connectivity index (χ3n) is 2.51. The molecular formula is C12H14N2. The third-order valence-corrected chi connectivity index (χ3v) is 2.51. The maximum Gasteiger partial charge on any atom is 0.0811 e. The molecule has 0 aliphatic carbocycles. The van der Waals surface area contributed by atoms with Crippen molar-refractivity contribution in [3.63, 3.8) is 0 Å². The van der Waals surface area contributed by atoms with Crippen LogP contribution in [0.5, 0.6) is 0 Å². The number of rotatable bonds is 1. The van der Waals surface area contributed by atoms with Crippen LogP contribution in [0.2, 0.25) is 0 Å². The lowest BCUT2D eigenvalue weighted by molar-refractivity contribution is 1.15. The molecule has 1 aromatic carbocycles. The van der Waals surface area contributed by atoms with E-state index in [0.717, 1.165) is 17.3 Å². The number of aromatic nitrogens is 1. The molecule has 0 radical (unpaired) electrons. The van der Waals surface area contributed by atoms with Gasteiger partial charge in [-0.1, -0.05) is 25.1 Å². The highest BCUT2D eigenvalue weighted by atomic mass is 14.7. The van der Waals surface area contributed by atoms with Crippen LogP contribution in [0.4, 0.5) is 0 Å². The van der Waals surface area contributed by atoms with Gasteiger partial charge >= 0.3 is 0 Å². The number of hydrogen-bond donors (Lipinski definition) is 1. The van der Waals surface area contributed by atoms with E-state index in [-0.39, 0.29) is 0 Å². The van der Waals surface area contributed by atoms with Crippen LogP contribution in [0, 0.1) is 0 Å². The Kier molecular flexibility index (Phi) is 2.35. The predicted molar refractivity (Wildman–Crippen MR) is 59.2 cm³/mol. The molecule has 0 amide bonds. The minimum Gasteiger partial charge on any atom is -0.359 e. The summed E-state index contributed by atoms with van der Waals surface area (Å²) in [6.07, 6.45) is 3.12. The summed E-state index contributed by atoms with van der Waals surface area (Å²) in [6, 6.07) is 8.25. The average Bonchev–Trinajstić information content (AvgIpc) is 2.51. The SMILES string of the molecule is CCc1c[nH]c2c(=NC)ccccc12. The maximum absolute atomic E-state index is 4.26. The molecule has 0 saturated heterocycles. The zero-order valence-electron chi connectivity index (χ0n) is 8.54. The lowest BCUT2D eigenvalue weighted by Gasteiger charge is -1.88. The maximum atomic E-state index is 4.26. The number of nitrogens with zero attached hydrogens (tertiary/aromatic N) is 1. The molecule has 1 heterocycles. The fourth-order valence-corrected chi connectivity index (χ4v) is 1.74. The van der Waals surface area contributed by atoms with Crippen molar-refractivity contribution in [1.29, 1.82) is 0 Å². The molecule has 1 N–H and O–H groups in total. The van der Waals surface area contributed by atoms with Crippen LogP contribution in [0.25, 0.3) is 10.9 Å². The van der Waals surface area contributed by atoms with Gasteiger partial charge in [0.05, 0.1) is 10.9 Å². The second-order valence-corrected chi connectivity index (χ2v) is 3.28. The fraction of sp³-hybridized carbons (Fsp3) is 0.250. The zero-order chi connectivity index (χ0) is 9.97. The molecule has 0 aliphatic rings. The van der Waals surface area contributed by atoms with Crippen molar-refractivity contribution in [2.45, 2.75) is 13.3 Å². The summed E-state index contributed by atoms with van der Waals surface area (Å²) in [7, 11) is 1.82. The molecule has 2 rings (SSSR count). The first-order chi connectivity index (χ1) is 6.86. The van der Waals surface area contributed by atoms with E-state index in [0.29, 0.717) is 0 Å².